The van der Waals surface area contributed by atoms with Crippen LogP contribution in [-0.4, -0.2) is 46.0 Å². The molecular formula is C21H21N5O3. The number of aromatic nitrogens is 4. The summed E-state index contributed by atoms with van der Waals surface area (Å²) in [6.07, 6.45) is 0. The first-order valence-electron chi connectivity index (χ1n) is 9.41. The second-order valence-electron chi connectivity index (χ2n) is 6.38. The van der Waals surface area contributed by atoms with Gasteiger partial charge in [-0.05, 0) is 38.1 Å². The average Bonchev–Trinajstić information content (AvgIpc) is 3.17. The van der Waals surface area contributed by atoms with Crippen molar-refractivity contribution in [3.8, 4) is 11.6 Å². The van der Waals surface area contributed by atoms with Gasteiger partial charge in [-0.15, -0.1) is 0 Å². The number of carbonyl (C=O) groups excluding carboxylic acids is 1. The van der Waals surface area contributed by atoms with Gasteiger partial charge in [-0.3, -0.25) is 0 Å². The van der Waals surface area contributed by atoms with Crippen molar-refractivity contribution in [2.75, 3.05) is 25.1 Å². The number of fused-ring (bicyclic) bond motifs is 3. The Morgan fingerprint density at radius 3 is 2.55 bits per heavy atom. The van der Waals surface area contributed by atoms with Crippen molar-refractivity contribution in [3.05, 3.63) is 54.1 Å². The molecule has 0 fully saturated rings. The third-order valence-electron chi connectivity index (χ3n) is 4.76. The van der Waals surface area contributed by atoms with Gasteiger partial charge < -0.3 is 14.4 Å². The molecule has 0 radical (unpaired) electrons. The number of rotatable bonds is 6. The van der Waals surface area contributed by atoms with E-state index in [9.17, 15) is 4.79 Å². The lowest BCUT2D eigenvalue weighted by Gasteiger charge is -2.22. The lowest BCUT2D eigenvalue weighted by Crippen LogP contribution is -2.23. The molecular weight excluding hydrogens is 370 g/mol. The maximum absolute atomic E-state index is 12.5. The molecule has 0 bridgehead atoms. The van der Waals surface area contributed by atoms with Crippen LogP contribution in [0.2, 0.25) is 0 Å². The first-order chi connectivity index (χ1) is 14.2. The molecule has 8 nitrogen and oxygen atoms in total. The highest BCUT2D eigenvalue weighted by atomic mass is 16.5. The van der Waals surface area contributed by atoms with E-state index in [0.29, 0.717) is 17.0 Å². The van der Waals surface area contributed by atoms with Gasteiger partial charge in [0.1, 0.15) is 11.6 Å². The summed E-state index contributed by atoms with van der Waals surface area (Å²) in [6.45, 7) is 5.69. The minimum atomic E-state index is -0.509. The molecule has 0 aliphatic heterocycles. The maximum atomic E-state index is 12.5. The van der Waals surface area contributed by atoms with Crippen molar-refractivity contribution < 1.29 is 14.3 Å². The van der Waals surface area contributed by atoms with Crippen LogP contribution < -0.4 is 14.4 Å². The van der Waals surface area contributed by atoms with Gasteiger partial charge in [-0.25, -0.2) is 9.78 Å². The van der Waals surface area contributed by atoms with Gasteiger partial charge in [0.2, 0.25) is 5.65 Å². The number of hydrogen-bond donors (Lipinski definition) is 0. The van der Waals surface area contributed by atoms with Gasteiger partial charge in [0.25, 0.3) is 5.88 Å². The molecule has 0 unspecified atom stereocenters. The predicted molar refractivity (Wildman–Crippen MR) is 110 cm³/mol. The highest BCUT2D eigenvalue weighted by molar-refractivity contribution is 5.94. The zero-order valence-corrected chi connectivity index (χ0v) is 16.5. The van der Waals surface area contributed by atoms with Crippen LogP contribution in [0.25, 0.3) is 16.6 Å². The van der Waals surface area contributed by atoms with Crippen LogP contribution in [0.15, 0.2) is 48.5 Å². The Balaban J connectivity index is 1.88. The molecule has 0 spiro atoms. The number of carbonyl (C=O) groups is 1. The molecule has 2 heterocycles. The molecule has 2 aromatic heterocycles. The quantitative estimate of drug-likeness (QED) is 0.466. The lowest BCUT2D eigenvalue weighted by molar-refractivity contribution is 0.0729. The Morgan fingerprint density at radius 2 is 1.86 bits per heavy atom. The number of esters is 1. The smallest absolute Gasteiger partial charge is 0.345 e. The lowest BCUT2D eigenvalue weighted by atomic mass is 10.2. The second kappa shape index (κ2) is 7.75. The number of hydrogen-bond acceptors (Lipinski definition) is 7. The van der Waals surface area contributed by atoms with Gasteiger partial charge in [0.15, 0.2) is 0 Å². The molecule has 0 amide bonds. The normalized spacial score (nSPS) is 11.0. The van der Waals surface area contributed by atoms with Gasteiger partial charge in [-0.1, -0.05) is 28.5 Å². The van der Waals surface area contributed by atoms with Crippen molar-refractivity contribution in [3.63, 3.8) is 0 Å². The van der Waals surface area contributed by atoms with E-state index in [0.717, 1.165) is 29.8 Å². The van der Waals surface area contributed by atoms with Crippen LogP contribution >= 0.6 is 0 Å². The van der Waals surface area contributed by atoms with E-state index in [-0.39, 0.29) is 5.88 Å². The Bertz CT molecular complexity index is 1170. The van der Waals surface area contributed by atoms with Crippen molar-refractivity contribution in [1.29, 1.82) is 0 Å². The molecule has 0 atom stereocenters. The number of benzene rings is 2. The molecule has 148 valence electrons. The summed E-state index contributed by atoms with van der Waals surface area (Å²) in [7, 11) is 1.61. The first kappa shape index (κ1) is 18.7. The van der Waals surface area contributed by atoms with Crippen molar-refractivity contribution in [2.24, 2.45) is 0 Å². The minimum absolute atomic E-state index is 0.0666. The maximum Gasteiger partial charge on any atom is 0.345 e. The van der Waals surface area contributed by atoms with E-state index < -0.39 is 5.97 Å². The van der Waals surface area contributed by atoms with E-state index >= 15 is 0 Å². The molecule has 4 rings (SSSR count). The number of anilines is 1. The van der Waals surface area contributed by atoms with Gasteiger partial charge in [0.05, 0.1) is 18.2 Å². The SMILES string of the molecule is CCN(CC)c1nc2c(OC(=O)c3ccccc3)nnn2c2cc(OC)ccc12. The van der Waals surface area contributed by atoms with Gasteiger partial charge in [0, 0.05) is 24.5 Å². The molecule has 29 heavy (non-hydrogen) atoms. The molecule has 0 aliphatic rings. The molecule has 0 N–H and O–H groups in total. The highest BCUT2D eigenvalue weighted by Gasteiger charge is 2.20. The standard InChI is InChI=1S/C21H21N5O3/c1-4-25(5-2)18-16-12-11-15(28-3)13-17(16)26-19(22-18)20(23-24-26)29-21(27)14-9-7-6-8-10-14/h6-13H,4-5H2,1-3H3. The third kappa shape index (κ3) is 3.33. The molecule has 4 aromatic rings. The topological polar surface area (TPSA) is 81.9 Å². The van der Waals surface area contributed by atoms with E-state index in [1.807, 2.05) is 24.3 Å². The molecule has 0 saturated heterocycles. The Labute approximate surface area is 167 Å². The summed E-state index contributed by atoms with van der Waals surface area (Å²) in [5.41, 5.74) is 1.57. The second-order valence-corrected chi connectivity index (χ2v) is 6.38. The summed E-state index contributed by atoms with van der Waals surface area (Å²) in [5, 5.41) is 9.15. The van der Waals surface area contributed by atoms with Crippen molar-refractivity contribution in [1.82, 2.24) is 19.8 Å². The number of ether oxygens (including phenoxy) is 2. The van der Waals surface area contributed by atoms with Crippen LogP contribution in [0.4, 0.5) is 5.82 Å². The number of nitrogens with zero attached hydrogens (tertiary/aromatic N) is 5. The Hall–Kier alpha value is -3.68. The molecule has 2 aromatic carbocycles. The average molecular weight is 391 g/mol. The van der Waals surface area contributed by atoms with E-state index in [2.05, 4.69) is 29.1 Å². The fourth-order valence-electron chi connectivity index (χ4n) is 3.23. The molecule has 0 aliphatic carbocycles. The van der Waals surface area contributed by atoms with Crippen LogP contribution in [-0.2, 0) is 0 Å². The van der Waals surface area contributed by atoms with Crippen LogP contribution in [0, 0.1) is 0 Å². The highest BCUT2D eigenvalue weighted by Crippen LogP contribution is 2.31. The van der Waals surface area contributed by atoms with Crippen molar-refractivity contribution in [2.45, 2.75) is 13.8 Å². The van der Waals surface area contributed by atoms with Crippen LogP contribution in [0.3, 0.4) is 0 Å². The summed E-state index contributed by atoms with van der Waals surface area (Å²) < 4.78 is 12.5. The Kier molecular flexibility index (Phi) is 4.99. The summed E-state index contributed by atoms with van der Waals surface area (Å²) >= 11 is 0. The van der Waals surface area contributed by atoms with Gasteiger partial charge in [-0.2, -0.15) is 4.52 Å². The minimum Gasteiger partial charge on any atom is -0.497 e. The molecule has 0 saturated carbocycles. The third-order valence-corrected chi connectivity index (χ3v) is 4.76. The van der Waals surface area contributed by atoms with E-state index in [4.69, 9.17) is 14.5 Å². The fourth-order valence-corrected chi connectivity index (χ4v) is 3.23. The Morgan fingerprint density at radius 1 is 1.10 bits per heavy atom. The number of methoxy groups -OCH3 is 1. The summed E-state index contributed by atoms with van der Waals surface area (Å²) in [6, 6.07) is 14.5. The monoisotopic (exact) mass is 391 g/mol. The fraction of sp³-hybridized carbons (Fsp3) is 0.238. The zero-order valence-electron chi connectivity index (χ0n) is 16.5. The molecule has 8 heteroatoms. The first-order valence-corrected chi connectivity index (χ1v) is 9.41. The largest absolute Gasteiger partial charge is 0.497 e. The van der Waals surface area contributed by atoms with E-state index in [1.54, 1.807) is 35.9 Å². The van der Waals surface area contributed by atoms with Crippen LogP contribution in [0.1, 0.15) is 24.2 Å². The predicted octanol–water partition coefficient (Wildman–Crippen LogP) is 3.35. The van der Waals surface area contributed by atoms with Gasteiger partial charge >= 0.3 is 5.97 Å². The van der Waals surface area contributed by atoms with Crippen molar-refractivity contribution >= 4 is 28.3 Å². The summed E-state index contributed by atoms with van der Waals surface area (Å²) in [5.74, 6) is 1.02. The van der Waals surface area contributed by atoms with Crippen LogP contribution in [0.5, 0.6) is 11.6 Å². The van der Waals surface area contributed by atoms with E-state index in [1.165, 1.54) is 0 Å². The summed E-state index contributed by atoms with van der Waals surface area (Å²) in [4.78, 5) is 19.4. The zero-order chi connectivity index (χ0) is 20.4.